The smallest absolute Gasteiger partial charge is 0.0977 e. The molecule has 3 rings (SSSR count). The number of ether oxygens (including phenoxy) is 2. The lowest BCUT2D eigenvalue weighted by molar-refractivity contribution is -0.0851. The average Bonchev–Trinajstić information content (AvgIpc) is 2.66. The number of hydrogen-bond acceptors (Lipinski definition) is 4. The summed E-state index contributed by atoms with van der Waals surface area (Å²) in [6.45, 7) is 4.95. The number of hydrogen-bond donors (Lipinski definition) is 1. The third kappa shape index (κ3) is 6.01. The van der Waals surface area contributed by atoms with Crippen LogP contribution in [0.1, 0.15) is 24.2 Å². The maximum atomic E-state index is 10.4. The van der Waals surface area contributed by atoms with E-state index in [0.29, 0.717) is 31.4 Å². The van der Waals surface area contributed by atoms with Gasteiger partial charge in [-0.05, 0) is 42.3 Å². The molecule has 0 amide bonds. The van der Waals surface area contributed by atoms with Crippen LogP contribution in [0, 0.1) is 0 Å². The molecule has 1 aliphatic heterocycles. The van der Waals surface area contributed by atoms with E-state index in [1.54, 1.807) is 0 Å². The van der Waals surface area contributed by atoms with E-state index in [4.69, 9.17) is 21.1 Å². The van der Waals surface area contributed by atoms with Crippen LogP contribution in [0.15, 0.2) is 53.0 Å². The number of β-amino-alcohol motifs (C(OH)–C–C–N with tert-alkyl or cyclic N) is 1. The van der Waals surface area contributed by atoms with Crippen molar-refractivity contribution in [2.75, 3.05) is 26.3 Å². The van der Waals surface area contributed by atoms with Crippen LogP contribution in [0.3, 0.4) is 0 Å². The second kappa shape index (κ2) is 10.0. The van der Waals surface area contributed by atoms with Crippen molar-refractivity contribution in [3.05, 3.63) is 69.2 Å². The molecule has 1 fully saturated rings. The lowest BCUT2D eigenvalue weighted by atomic mass is 10.0. The van der Waals surface area contributed by atoms with Gasteiger partial charge in [0.15, 0.2) is 0 Å². The van der Waals surface area contributed by atoms with Gasteiger partial charge in [-0.3, -0.25) is 4.90 Å². The number of aliphatic hydroxyl groups is 1. The Labute approximate surface area is 174 Å². The van der Waals surface area contributed by atoms with E-state index in [2.05, 4.69) is 39.9 Å². The van der Waals surface area contributed by atoms with Gasteiger partial charge in [0.1, 0.15) is 0 Å². The van der Waals surface area contributed by atoms with Crippen LogP contribution in [-0.4, -0.2) is 48.5 Å². The lowest BCUT2D eigenvalue weighted by Crippen LogP contribution is -2.49. The fraction of sp³-hybridized carbons (Fsp3) is 0.429. The average molecular weight is 455 g/mol. The molecule has 3 atom stereocenters. The molecule has 6 heteroatoms. The Morgan fingerprint density at radius 2 is 1.93 bits per heavy atom. The van der Waals surface area contributed by atoms with Crippen molar-refractivity contribution in [3.8, 4) is 0 Å². The van der Waals surface area contributed by atoms with Crippen LogP contribution >= 0.6 is 27.5 Å². The molecule has 146 valence electrons. The molecule has 3 unspecified atom stereocenters. The van der Waals surface area contributed by atoms with Gasteiger partial charge in [0.25, 0.3) is 0 Å². The molecule has 2 aromatic rings. The van der Waals surface area contributed by atoms with Crippen molar-refractivity contribution in [2.45, 2.75) is 31.8 Å². The van der Waals surface area contributed by atoms with Crippen LogP contribution in [0.4, 0.5) is 0 Å². The van der Waals surface area contributed by atoms with Gasteiger partial charge in [0, 0.05) is 28.6 Å². The maximum absolute atomic E-state index is 10.4. The van der Waals surface area contributed by atoms with Crippen LogP contribution in [-0.2, 0) is 16.1 Å². The van der Waals surface area contributed by atoms with Gasteiger partial charge >= 0.3 is 0 Å². The monoisotopic (exact) mass is 453 g/mol. The summed E-state index contributed by atoms with van der Waals surface area (Å²) in [4.78, 5) is 2.27. The van der Waals surface area contributed by atoms with Crippen molar-refractivity contribution in [3.63, 3.8) is 0 Å². The zero-order valence-corrected chi connectivity index (χ0v) is 17.7. The van der Waals surface area contributed by atoms with Gasteiger partial charge in [0.05, 0.1) is 32.0 Å². The Kier molecular flexibility index (Phi) is 7.70. The topological polar surface area (TPSA) is 41.9 Å². The molecule has 1 aliphatic rings. The first kappa shape index (κ1) is 20.8. The second-order valence-electron chi connectivity index (χ2n) is 6.87. The fourth-order valence-corrected chi connectivity index (χ4v) is 3.72. The summed E-state index contributed by atoms with van der Waals surface area (Å²) in [6, 6.07) is 16.0. The van der Waals surface area contributed by atoms with E-state index in [0.717, 1.165) is 22.1 Å². The Hall–Kier alpha value is -0.950. The van der Waals surface area contributed by atoms with Gasteiger partial charge in [-0.1, -0.05) is 51.8 Å². The largest absolute Gasteiger partial charge is 0.389 e. The summed E-state index contributed by atoms with van der Waals surface area (Å²) in [5, 5.41) is 11.1. The van der Waals surface area contributed by atoms with E-state index in [1.807, 2.05) is 36.4 Å². The van der Waals surface area contributed by atoms with E-state index in [1.165, 1.54) is 0 Å². The molecule has 4 nitrogen and oxygen atoms in total. The highest BCUT2D eigenvalue weighted by molar-refractivity contribution is 9.10. The zero-order valence-electron chi connectivity index (χ0n) is 15.4. The Bertz CT molecular complexity index is 710. The predicted molar refractivity (Wildman–Crippen MR) is 111 cm³/mol. The number of rotatable bonds is 7. The van der Waals surface area contributed by atoms with Gasteiger partial charge in [0.2, 0.25) is 0 Å². The van der Waals surface area contributed by atoms with Crippen molar-refractivity contribution in [1.82, 2.24) is 4.90 Å². The molecule has 1 heterocycles. The Morgan fingerprint density at radius 3 is 2.63 bits per heavy atom. The first-order chi connectivity index (χ1) is 13.0. The third-order valence-electron chi connectivity index (χ3n) is 4.83. The molecule has 0 aromatic heterocycles. The molecule has 2 aromatic carbocycles. The van der Waals surface area contributed by atoms with Gasteiger partial charge in [-0.15, -0.1) is 0 Å². The number of nitrogens with zero attached hydrogens (tertiary/aromatic N) is 1. The molecule has 0 bridgehead atoms. The van der Waals surface area contributed by atoms with Gasteiger partial charge < -0.3 is 14.6 Å². The van der Waals surface area contributed by atoms with Crippen molar-refractivity contribution in [1.29, 1.82) is 0 Å². The molecule has 0 radical (unpaired) electrons. The molecule has 0 spiro atoms. The quantitative estimate of drug-likeness (QED) is 0.671. The molecular formula is C21H25BrClNO3. The molecule has 0 saturated carbocycles. The Balaban J connectivity index is 1.48. The molecule has 1 saturated heterocycles. The summed E-state index contributed by atoms with van der Waals surface area (Å²) in [7, 11) is 0. The highest BCUT2D eigenvalue weighted by atomic mass is 79.9. The van der Waals surface area contributed by atoms with E-state index >= 15 is 0 Å². The van der Waals surface area contributed by atoms with Crippen molar-refractivity contribution in [2.24, 2.45) is 0 Å². The number of benzene rings is 2. The first-order valence-electron chi connectivity index (χ1n) is 9.14. The van der Waals surface area contributed by atoms with Gasteiger partial charge in [-0.25, -0.2) is 0 Å². The Morgan fingerprint density at radius 1 is 1.22 bits per heavy atom. The summed E-state index contributed by atoms with van der Waals surface area (Å²) in [5.41, 5.74) is 2.20. The third-order valence-corrected chi connectivity index (χ3v) is 5.61. The summed E-state index contributed by atoms with van der Waals surface area (Å²) in [5.74, 6) is 0. The SMILES string of the molecule is CC1C(c2ccc(Br)cc2)OCCN1CC(O)COCc1ccc(Cl)cc1. The van der Waals surface area contributed by atoms with Crippen molar-refractivity contribution >= 4 is 27.5 Å². The lowest BCUT2D eigenvalue weighted by Gasteiger charge is -2.40. The van der Waals surface area contributed by atoms with Crippen LogP contribution in [0.5, 0.6) is 0 Å². The summed E-state index contributed by atoms with van der Waals surface area (Å²) >= 11 is 9.35. The number of morpholine rings is 1. The number of aliphatic hydroxyl groups excluding tert-OH is 1. The van der Waals surface area contributed by atoms with Crippen LogP contribution in [0.25, 0.3) is 0 Å². The van der Waals surface area contributed by atoms with Crippen molar-refractivity contribution < 1.29 is 14.6 Å². The molecule has 0 aliphatic carbocycles. The minimum absolute atomic E-state index is 0.00837. The normalized spacial score (nSPS) is 21.9. The van der Waals surface area contributed by atoms with E-state index < -0.39 is 6.10 Å². The van der Waals surface area contributed by atoms with Crippen LogP contribution in [0.2, 0.25) is 5.02 Å². The predicted octanol–water partition coefficient (Wildman–Crippen LogP) is 4.44. The molecule has 1 N–H and O–H groups in total. The summed E-state index contributed by atoms with van der Waals surface area (Å²) in [6.07, 6.45) is -0.530. The molecular weight excluding hydrogens is 430 g/mol. The highest BCUT2D eigenvalue weighted by Gasteiger charge is 2.31. The van der Waals surface area contributed by atoms with Crippen LogP contribution < -0.4 is 0 Å². The second-order valence-corrected chi connectivity index (χ2v) is 8.23. The maximum Gasteiger partial charge on any atom is 0.0977 e. The minimum atomic E-state index is -0.539. The first-order valence-corrected chi connectivity index (χ1v) is 10.3. The molecule has 27 heavy (non-hydrogen) atoms. The zero-order chi connectivity index (χ0) is 19.2. The van der Waals surface area contributed by atoms with E-state index in [9.17, 15) is 5.11 Å². The number of halogens is 2. The van der Waals surface area contributed by atoms with Gasteiger partial charge in [-0.2, -0.15) is 0 Å². The standard InChI is InChI=1S/C21H25BrClNO3/c1-15-21(17-4-6-18(22)7-5-17)27-11-10-24(15)12-20(25)14-26-13-16-2-8-19(23)9-3-16/h2-9,15,20-21,25H,10-14H2,1H3. The minimum Gasteiger partial charge on any atom is -0.389 e. The fourth-order valence-electron chi connectivity index (χ4n) is 3.33. The van der Waals surface area contributed by atoms with E-state index in [-0.39, 0.29) is 12.1 Å². The summed E-state index contributed by atoms with van der Waals surface area (Å²) < 4.78 is 12.7. The highest BCUT2D eigenvalue weighted by Crippen LogP contribution is 2.29.